The normalized spacial score (nSPS) is 13.9. The van der Waals surface area contributed by atoms with Crippen LogP contribution in [0.4, 0.5) is 5.69 Å². The van der Waals surface area contributed by atoms with Crippen LogP contribution in [0, 0.1) is 0 Å². The highest BCUT2D eigenvalue weighted by Crippen LogP contribution is 2.13. The molecule has 0 N–H and O–H groups in total. The summed E-state index contributed by atoms with van der Waals surface area (Å²) >= 11 is 0. The lowest BCUT2D eigenvalue weighted by atomic mass is 10.1. The SMILES string of the molecule is CN(C)c1ccc(C=CC=C2C=CC(=[N+](C)C)C=C2)cc1. The lowest BCUT2D eigenvalue weighted by Gasteiger charge is -2.11. The molecule has 0 aromatic heterocycles. The van der Waals surface area contributed by atoms with E-state index >= 15 is 0 Å². The summed E-state index contributed by atoms with van der Waals surface area (Å²) in [6.07, 6.45) is 14.9. The third-order valence-electron chi connectivity index (χ3n) is 3.40. The van der Waals surface area contributed by atoms with E-state index in [1.54, 1.807) is 0 Å². The standard InChI is InChI=1S/C19H23N2/c1-20(2)18-12-8-16(9-13-18)6-5-7-17-10-14-19(15-11-17)21(3)4/h5-15H,1-4H3/q+1. The monoisotopic (exact) mass is 279 g/mol. The number of nitrogens with zero attached hydrogens (tertiary/aromatic N) is 2. The minimum absolute atomic E-state index is 1.21. The zero-order chi connectivity index (χ0) is 15.2. The first kappa shape index (κ1) is 15.0. The third kappa shape index (κ3) is 4.32. The number of hydrogen-bond acceptors (Lipinski definition) is 1. The average Bonchev–Trinajstić information content (AvgIpc) is 2.48. The maximum atomic E-state index is 2.13. The van der Waals surface area contributed by atoms with Gasteiger partial charge in [-0.1, -0.05) is 30.4 Å². The summed E-state index contributed by atoms with van der Waals surface area (Å²) in [5.41, 5.74) is 4.86. The van der Waals surface area contributed by atoms with Gasteiger partial charge in [0, 0.05) is 31.9 Å². The Kier molecular flexibility index (Phi) is 4.94. The molecule has 2 rings (SSSR count). The lowest BCUT2D eigenvalue weighted by Crippen LogP contribution is -2.09. The smallest absolute Gasteiger partial charge is 0.199 e. The van der Waals surface area contributed by atoms with Gasteiger partial charge in [0.25, 0.3) is 0 Å². The second-order valence-electron chi connectivity index (χ2n) is 5.50. The van der Waals surface area contributed by atoms with Gasteiger partial charge in [-0.05, 0) is 35.4 Å². The van der Waals surface area contributed by atoms with Gasteiger partial charge >= 0.3 is 0 Å². The van der Waals surface area contributed by atoms with Gasteiger partial charge < -0.3 is 4.90 Å². The van der Waals surface area contributed by atoms with Crippen molar-refractivity contribution in [3.05, 3.63) is 71.9 Å². The van der Waals surface area contributed by atoms with Gasteiger partial charge in [0.1, 0.15) is 14.1 Å². The molecule has 21 heavy (non-hydrogen) atoms. The van der Waals surface area contributed by atoms with Crippen molar-refractivity contribution in [1.82, 2.24) is 0 Å². The van der Waals surface area contributed by atoms with E-state index in [1.807, 2.05) is 0 Å². The molecule has 0 saturated heterocycles. The zero-order valence-corrected chi connectivity index (χ0v) is 13.2. The van der Waals surface area contributed by atoms with Gasteiger partial charge in [-0.25, -0.2) is 4.58 Å². The van der Waals surface area contributed by atoms with Crippen LogP contribution >= 0.6 is 0 Å². The summed E-state index contributed by atoms with van der Waals surface area (Å²) in [5, 5.41) is 0. The summed E-state index contributed by atoms with van der Waals surface area (Å²) in [5.74, 6) is 0. The topological polar surface area (TPSA) is 6.25 Å². The van der Waals surface area contributed by atoms with Crippen LogP contribution < -0.4 is 4.90 Å². The highest BCUT2D eigenvalue weighted by atomic mass is 15.1. The molecule has 1 aromatic rings. The van der Waals surface area contributed by atoms with Gasteiger partial charge in [-0.2, -0.15) is 0 Å². The Labute approximate surface area is 127 Å². The Morgan fingerprint density at radius 1 is 0.905 bits per heavy atom. The van der Waals surface area contributed by atoms with Crippen LogP contribution in [0.5, 0.6) is 0 Å². The Morgan fingerprint density at radius 2 is 1.52 bits per heavy atom. The highest BCUT2D eigenvalue weighted by Gasteiger charge is 2.02. The largest absolute Gasteiger partial charge is 0.378 e. The van der Waals surface area contributed by atoms with Crippen molar-refractivity contribution < 1.29 is 4.58 Å². The van der Waals surface area contributed by atoms with E-state index in [9.17, 15) is 0 Å². The first-order valence-corrected chi connectivity index (χ1v) is 7.12. The minimum atomic E-state index is 1.21. The molecule has 0 atom stereocenters. The number of allylic oxidation sites excluding steroid dienone is 7. The summed E-state index contributed by atoms with van der Waals surface area (Å²) < 4.78 is 2.10. The highest BCUT2D eigenvalue weighted by molar-refractivity contribution is 6.02. The first-order chi connectivity index (χ1) is 10.1. The van der Waals surface area contributed by atoms with Crippen molar-refractivity contribution >= 4 is 17.5 Å². The molecule has 1 aliphatic carbocycles. The van der Waals surface area contributed by atoms with Gasteiger partial charge in [0.05, 0.1) is 0 Å². The van der Waals surface area contributed by atoms with E-state index in [2.05, 4.69) is 104 Å². The van der Waals surface area contributed by atoms with Gasteiger partial charge in [-0.3, -0.25) is 0 Å². The molecule has 1 aliphatic rings. The molecule has 0 saturated carbocycles. The van der Waals surface area contributed by atoms with E-state index in [4.69, 9.17) is 0 Å². The minimum Gasteiger partial charge on any atom is -0.378 e. The van der Waals surface area contributed by atoms with Gasteiger partial charge in [-0.15, -0.1) is 0 Å². The molecule has 0 heterocycles. The van der Waals surface area contributed by atoms with Crippen LogP contribution in [-0.2, 0) is 0 Å². The molecule has 0 radical (unpaired) electrons. The molecule has 108 valence electrons. The fourth-order valence-electron chi connectivity index (χ4n) is 2.04. The summed E-state index contributed by atoms with van der Waals surface area (Å²) in [7, 11) is 8.21. The summed E-state index contributed by atoms with van der Waals surface area (Å²) in [4.78, 5) is 2.10. The van der Waals surface area contributed by atoms with Gasteiger partial charge in [0.2, 0.25) is 0 Å². The second-order valence-corrected chi connectivity index (χ2v) is 5.50. The van der Waals surface area contributed by atoms with Crippen LogP contribution in [0.25, 0.3) is 6.08 Å². The molecular formula is C19H23N2+. The lowest BCUT2D eigenvalue weighted by molar-refractivity contribution is -0.462. The van der Waals surface area contributed by atoms with Crippen LogP contribution in [-0.4, -0.2) is 38.5 Å². The van der Waals surface area contributed by atoms with E-state index in [1.165, 1.54) is 22.5 Å². The van der Waals surface area contributed by atoms with E-state index in [-0.39, 0.29) is 0 Å². The predicted molar refractivity (Wildman–Crippen MR) is 93.3 cm³/mol. The van der Waals surface area contributed by atoms with Crippen LogP contribution in [0.15, 0.2) is 66.3 Å². The van der Waals surface area contributed by atoms with Crippen molar-refractivity contribution in [3.63, 3.8) is 0 Å². The Bertz CT molecular complexity index is 617. The van der Waals surface area contributed by atoms with E-state index in [0.717, 1.165) is 0 Å². The maximum Gasteiger partial charge on any atom is 0.199 e. The maximum absolute atomic E-state index is 2.13. The van der Waals surface area contributed by atoms with Crippen LogP contribution in [0.2, 0.25) is 0 Å². The predicted octanol–water partition coefficient (Wildman–Crippen LogP) is 3.53. The molecule has 2 heteroatoms. The molecule has 0 bridgehead atoms. The zero-order valence-electron chi connectivity index (χ0n) is 13.2. The van der Waals surface area contributed by atoms with Crippen LogP contribution in [0.1, 0.15) is 5.56 Å². The Hall–Kier alpha value is -2.35. The molecule has 2 nitrogen and oxygen atoms in total. The van der Waals surface area contributed by atoms with Crippen molar-refractivity contribution in [2.75, 3.05) is 33.1 Å². The molecule has 1 aromatic carbocycles. The molecular weight excluding hydrogens is 256 g/mol. The van der Waals surface area contributed by atoms with E-state index < -0.39 is 0 Å². The number of benzene rings is 1. The molecule has 0 aliphatic heterocycles. The average molecular weight is 279 g/mol. The van der Waals surface area contributed by atoms with Crippen molar-refractivity contribution in [2.45, 2.75) is 0 Å². The number of rotatable bonds is 3. The fourth-order valence-corrected chi connectivity index (χ4v) is 2.04. The van der Waals surface area contributed by atoms with E-state index in [0.29, 0.717) is 0 Å². The van der Waals surface area contributed by atoms with Crippen LogP contribution in [0.3, 0.4) is 0 Å². The fraction of sp³-hybridized carbons (Fsp3) is 0.211. The molecule has 0 fully saturated rings. The first-order valence-electron chi connectivity index (χ1n) is 7.12. The quantitative estimate of drug-likeness (QED) is 0.767. The number of hydrogen-bond donors (Lipinski definition) is 0. The van der Waals surface area contributed by atoms with Crippen molar-refractivity contribution in [1.29, 1.82) is 0 Å². The third-order valence-corrected chi connectivity index (χ3v) is 3.40. The summed E-state index contributed by atoms with van der Waals surface area (Å²) in [6, 6.07) is 8.53. The second kappa shape index (κ2) is 6.89. The number of anilines is 1. The Balaban J connectivity index is 2.03. The van der Waals surface area contributed by atoms with Crippen molar-refractivity contribution in [3.8, 4) is 0 Å². The summed E-state index contributed by atoms with van der Waals surface area (Å²) in [6.45, 7) is 0. The molecule has 0 unspecified atom stereocenters. The van der Waals surface area contributed by atoms with Crippen molar-refractivity contribution in [2.24, 2.45) is 0 Å². The van der Waals surface area contributed by atoms with Gasteiger partial charge in [0.15, 0.2) is 5.71 Å². The molecule has 0 amide bonds. The molecule has 0 spiro atoms. The Morgan fingerprint density at radius 3 is 2.05 bits per heavy atom.